The molecule has 3 aromatic rings. The van der Waals surface area contributed by atoms with Gasteiger partial charge < -0.3 is 16.8 Å². The Morgan fingerprint density at radius 3 is 2.39 bits per heavy atom. The van der Waals surface area contributed by atoms with E-state index in [-0.39, 0.29) is 17.9 Å². The smallest absolute Gasteiger partial charge is 0.383 e. The van der Waals surface area contributed by atoms with Gasteiger partial charge in [0.1, 0.15) is 17.7 Å². The summed E-state index contributed by atoms with van der Waals surface area (Å²) in [5.74, 6) is -1.32. The highest BCUT2D eigenvalue weighted by Crippen LogP contribution is 2.37. The Kier molecular flexibility index (Phi) is 6.20. The number of nitrogens with one attached hydrogen (secondary N) is 1. The monoisotopic (exact) mass is 472 g/mol. The number of amides is 1. The first-order chi connectivity index (χ1) is 14.5. The third-order valence-electron chi connectivity index (χ3n) is 4.10. The molecule has 0 aliphatic rings. The number of pyridine rings is 1. The lowest BCUT2D eigenvalue weighted by Crippen LogP contribution is -2.31. The quantitative estimate of drug-likeness (QED) is 0.534. The van der Waals surface area contributed by atoms with E-state index in [0.717, 1.165) is 10.9 Å². The van der Waals surface area contributed by atoms with Crippen LogP contribution in [0, 0.1) is 0 Å². The molecular weight excluding hydrogens is 460 g/mol. The minimum absolute atomic E-state index is 0.170. The molecule has 0 aliphatic heterocycles. The number of hydrogen-bond acceptors (Lipinski definition) is 6. The number of alkyl halides is 3. The summed E-state index contributed by atoms with van der Waals surface area (Å²) in [6.45, 7) is 0.170. The number of rotatable bonds is 4. The maximum Gasteiger partial charge on any atom is 0.416 e. The van der Waals surface area contributed by atoms with E-state index in [2.05, 4.69) is 15.3 Å². The molecule has 0 spiro atoms. The van der Waals surface area contributed by atoms with E-state index in [4.69, 9.17) is 34.7 Å². The highest BCUT2D eigenvalue weighted by atomic mass is 35.5. The third kappa shape index (κ3) is 4.63. The van der Waals surface area contributed by atoms with Crippen LogP contribution >= 0.6 is 23.2 Å². The first-order valence-corrected chi connectivity index (χ1v) is 9.17. The number of hydrogen-bond donors (Lipinski definition) is 3. The Balaban J connectivity index is 2.07. The van der Waals surface area contributed by atoms with Gasteiger partial charge in [0.15, 0.2) is 0 Å². The van der Waals surface area contributed by atoms with Gasteiger partial charge in [0.2, 0.25) is 0 Å². The summed E-state index contributed by atoms with van der Waals surface area (Å²) in [4.78, 5) is 33.3. The van der Waals surface area contributed by atoms with E-state index in [9.17, 15) is 22.8 Å². The Morgan fingerprint density at radius 1 is 1.16 bits per heavy atom. The number of anilines is 2. The third-order valence-corrected chi connectivity index (χ3v) is 4.68. The lowest BCUT2D eigenvalue weighted by atomic mass is 10.2. The van der Waals surface area contributed by atoms with Gasteiger partial charge in [-0.05, 0) is 23.8 Å². The van der Waals surface area contributed by atoms with E-state index in [1.165, 1.54) is 12.4 Å². The molecule has 0 saturated carbocycles. The van der Waals surface area contributed by atoms with Crippen LogP contribution < -0.4 is 22.3 Å². The summed E-state index contributed by atoms with van der Waals surface area (Å²) in [6.07, 6.45) is -0.972. The van der Waals surface area contributed by atoms with Crippen LogP contribution in [0.4, 0.5) is 24.7 Å². The number of aromatic nitrogens is 3. The molecule has 0 unspecified atom stereocenters. The number of carbonyl (C=O) groups is 1. The molecule has 0 fully saturated rings. The van der Waals surface area contributed by atoms with E-state index in [1.807, 2.05) is 0 Å². The Hall–Kier alpha value is -3.15. The zero-order valence-electron chi connectivity index (χ0n) is 15.4. The minimum atomic E-state index is -4.70. The highest BCUT2D eigenvalue weighted by molar-refractivity contribution is 6.37. The zero-order valence-corrected chi connectivity index (χ0v) is 16.9. The fraction of sp³-hybridized carbons (Fsp3) is 0.111. The van der Waals surface area contributed by atoms with Crippen molar-refractivity contribution in [3.8, 4) is 5.69 Å². The summed E-state index contributed by atoms with van der Waals surface area (Å²) in [7, 11) is 0. The molecule has 8 nitrogen and oxygen atoms in total. The maximum absolute atomic E-state index is 13.0. The first kappa shape index (κ1) is 22.5. The largest absolute Gasteiger partial charge is 0.416 e. The van der Waals surface area contributed by atoms with Gasteiger partial charge in [0.05, 0.1) is 33.2 Å². The minimum Gasteiger partial charge on any atom is -0.383 e. The number of nitrogens with zero attached hydrogens (tertiary/aromatic N) is 3. The van der Waals surface area contributed by atoms with Crippen LogP contribution in [-0.2, 0) is 12.7 Å². The predicted molar refractivity (Wildman–Crippen MR) is 109 cm³/mol. The van der Waals surface area contributed by atoms with Crippen molar-refractivity contribution in [1.82, 2.24) is 14.5 Å². The van der Waals surface area contributed by atoms with Gasteiger partial charge in [0, 0.05) is 12.7 Å². The van der Waals surface area contributed by atoms with Crippen molar-refractivity contribution >= 4 is 40.6 Å². The summed E-state index contributed by atoms with van der Waals surface area (Å²) in [6, 6.07) is 2.75. The van der Waals surface area contributed by atoms with Crippen molar-refractivity contribution in [3.63, 3.8) is 0 Å². The molecule has 2 heterocycles. The zero-order chi connectivity index (χ0) is 22.9. The van der Waals surface area contributed by atoms with Gasteiger partial charge in [-0.1, -0.05) is 23.2 Å². The second-order valence-electron chi connectivity index (χ2n) is 6.21. The van der Waals surface area contributed by atoms with Crippen molar-refractivity contribution in [3.05, 3.63) is 74.0 Å². The van der Waals surface area contributed by atoms with Crippen LogP contribution in [0.25, 0.3) is 5.69 Å². The summed E-state index contributed by atoms with van der Waals surface area (Å²) in [5, 5.41) is 1.50. The van der Waals surface area contributed by atoms with Crippen molar-refractivity contribution in [1.29, 1.82) is 0 Å². The van der Waals surface area contributed by atoms with Crippen LogP contribution in [0.1, 0.15) is 21.5 Å². The van der Waals surface area contributed by atoms with Gasteiger partial charge in [-0.15, -0.1) is 0 Å². The average Bonchev–Trinajstić information content (AvgIpc) is 2.68. The van der Waals surface area contributed by atoms with Crippen molar-refractivity contribution in [2.24, 2.45) is 5.73 Å². The molecule has 162 valence electrons. The van der Waals surface area contributed by atoms with E-state index in [0.29, 0.717) is 17.7 Å². The lowest BCUT2D eigenvalue weighted by molar-refractivity contribution is -0.137. The molecule has 0 aliphatic carbocycles. The number of benzene rings is 1. The fourth-order valence-corrected chi connectivity index (χ4v) is 3.33. The van der Waals surface area contributed by atoms with Gasteiger partial charge in [0.25, 0.3) is 11.5 Å². The first-order valence-electron chi connectivity index (χ1n) is 8.42. The summed E-state index contributed by atoms with van der Waals surface area (Å²) >= 11 is 11.9. The number of nitrogen functional groups attached to an aromatic ring is 1. The maximum atomic E-state index is 13.0. The molecule has 2 aromatic heterocycles. The Bertz CT molecular complexity index is 1210. The van der Waals surface area contributed by atoms with Crippen LogP contribution in [0.15, 0.2) is 41.7 Å². The molecule has 1 aromatic carbocycles. The molecule has 31 heavy (non-hydrogen) atoms. The molecule has 0 atom stereocenters. The second kappa shape index (κ2) is 8.53. The topological polar surface area (TPSA) is 129 Å². The van der Waals surface area contributed by atoms with Crippen molar-refractivity contribution in [2.75, 3.05) is 11.1 Å². The second-order valence-corrected chi connectivity index (χ2v) is 7.02. The molecule has 1 amide bonds. The van der Waals surface area contributed by atoms with E-state index < -0.39 is 44.6 Å². The molecule has 5 N–H and O–H groups in total. The number of nitrogens with two attached hydrogens (primary N) is 2. The van der Waals surface area contributed by atoms with Gasteiger partial charge >= 0.3 is 6.18 Å². The fourth-order valence-electron chi connectivity index (χ4n) is 2.66. The van der Waals surface area contributed by atoms with E-state index in [1.54, 1.807) is 6.07 Å². The Labute approximate surface area is 182 Å². The average molecular weight is 473 g/mol. The summed E-state index contributed by atoms with van der Waals surface area (Å²) in [5.41, 5.74) is 9.16. The van der Waals surface area contributed by atoms with Crippen LogP contribution in [0.2, 0.25) is 10.0 Å². The molecule has 3 rings (SSSR count). The normalized spacial score (nSPS) is 11.4. The standard InChI is InChI=1S/C18H13Cl2F3N6O2/c19-11-2-9(18(21,22)23)3-12(20)14(11)29-7-27-15(25)13(17(29)31)16(30)28-10-1-8(4-24)5-26-6-10/h1-3,5-7H,4,24-25H2,(H,28,30). The number of halogens is 5. The van der Waals surface area contributed by atoms with Crippen LogP contribution in [0.5, 0.6) is 0 Å². The molecular formula is C18H13Cl2F3N6O2. The predicted octanol–water partition coefficient (Wildman–Crippen LogP) is 3.25. The molecule has 13 heteroatoms. The summed E-state index contributed by atoms with van der Waals surface area (Å²) < 4.78 is 39.6. The van der Waals surface area contributed by atoms with Crippen LogP contribution in [-0.4, -0.2) is 20.4 Å². The number of carbonyl (C=O) groups excluding carboxylic acids is 1. The highest BCUT2D eigenvalue weighted by Gasteiger charge is 2.32. The van der Waals surface area contributed by atoms with Gasteiger partial charge in [-0.2, -0.15) is 13.2 Å². The van der Waals surface area contributed by atoms with Crippen molar-refractivity contribution in [2.45, 2.75) is 12.7 Å². The SMILES string of the molecule is NCc1cncc(NC(=O)c2c(N)ncn(-c3c(Cl)cc(C(F)(F)F)cc3Cl)c2=O)c1. The molecule has 0 saturated heterocycles. The molecule has 0 bridgehead atoms. The van der Waals surface area contributed by atoms with Crippen molar-refractivity contribution < 1.29 is 18.0 Å². The lowest BCUT2D eigenvalue weighted by Gasteiger charge is -2.15. The van der Waals surface area contributed by atoms with Crippen LogP contribution in [0.3, 0.4) is 0 Å². The Morgan fingerprint density at radius 2 is 1.81 bits per heavy atom. The van der Waals surface area contributed by atoms with Gasteiger partial charge in [-0.3, -0.25) is 19.1 Å². The molecule has 0 radical (unpaired) electrons. The van der Waals surface area contributed by atoms with E-state index >= 15 is 0 Å². The van der Waals surface area contributed by atoms with Gasteiger partial charge in [-0.25, -0.2) is 4.98 Å².